The van der Waals surface area contributed by atoms with E-state index in [1.165, 1.54) is 0 Å². The molecule has 0 radical (unpaired) electrons. The van der Waals surface area contributed by atoms with Gasteiger partial charge >= 0.3 is 5.97 Å². The van der Waals surface area contributed by atoms with E-state index in [1.807, 2.05) is 36.2 Å². The summed E-state index contributed by atoms with van der Waals surface area (Å²) >= 11 is 5.95. The zero-order valence-corrected chi connectivity index (χ0v) is 11.3. The van der Waals surface area contributed by atoms with E-state index in [9.17, 15) is 4.79 Å². The average Bonchev–Trinajstić information content (AvgIpc) is 2.39. The zero-order chi connectivity index (χ0) is 13.8. The largest absolute Gasteiger partial charge is 0.478 e. The minimum absolute atomic E-state index is 0.292. The van der Waals surface area contributed by atoms with Crippen molar-refractivity contribution in [3.63, 3.8) is 0 Å². The van der Waals surface area contributed by atoms with Crippen LogP contribution in [0.2, 0.25) is 5.02 Å². The molecule has 2 aromatic carbocycles. The molecule has 0 saturated carbocycles. The van der Waals surface area contributed by atoms with Gasteiger partial charge in [0.2, 0.25) is 0 Å². The molecule has 98 valence electrons. The molecule has 2 rings (SSSR count). The van der Waals surface area contributed by atoms with Crippen LogP contribution in [0.1, 0.15) is 15.9 Å². The second kappa shape index (κ2) is 5.76. The molecule has 4 heteroatoms. The molecule has 0 amide bonds. The van der Waals surface area contributed by atoms with Gasteiger partial charge in [-0.3, -0.25) is 0 Å². The van der Waals surface area contributed by atoms with E-state index in [0.29, 0.717) is 17.1 Å². The minimum Gasteiger partial charge on any atom is -0.478 e. The summed E-state index contributed by atoms with van der Waals surface area (Å²) in [5, 5.41) is 9.57. The van der Waals surface area contributed by atoms with Gasteiger partial charge in [-0.1, -0.05) is 23.7 Å². The molecule has 2 aromatic rings. The molecule has 0 saturated heterocycles. The lowest BCUT2D eigenvalue weighted by molar-refractivity contribution is 0.0697. The Hall–Kier alpha value is -2.00. The quantitative estimate of drug-likeness (QED) is 0.925. The number of carbonyl (C=O) groups is 1. The summed E-state index contributed by atoms with van der Waals surface area (Å²) < 4.78 is 0. The first-order valence-corrected chi connectivity index (χ1v) is 6.23. The maximum absolute atomic E-state index is 10.8. The number of anilines is 1. The number of benzene rings is 2. The third kappa shape index (κ3) is 3.48. The van der Waals surface area contributed by atoms with Crippen LogP contribution in [-0.2, 0) is 6.54 Å². The molecular formula is C15H14ClNO2. The van der Waals surface area contributed by atoms with Crippen molar-refractivity contribution in [3.05, 3.63) is 64.7 Å². The fourth-order valence-electron chi connectivity index (χ4n) is 1.86. The Bertz CT molecular complexity index is 581. The van der Waals surface area contributed by atoms with Crippen LogP contribution in [0.4, 0.5) is 5.69 Å². The third-order valence-electron chi connectivity index (χ3n) is 2.86. The number of carboxylic acid groups (broad SMARTS) is 1. The van der Waals surface area contributed by atoms with Crippen molar-refractivity contribution in [3.8, 4) is 0 Å². The summed E-state index contributed by atoms with van der Waals surface area (Å²) in [6.07, 6.45) is 0. The number of hydrogen-bond donors (Lipinski definition) is 1. The molecule has 0 atom stereocenters. The van der Waals surface area contributed by atoms with E-state index in [0.717, 1.165) is 11.3 Å². The zero-order valence-electron chi connectivity index (χ0n) is 10.5. The van der Waals surface area contributed by atoms with E-state index in [4.69, 9.17) is 16.7 Å². The van der Waals surface area contributed by atoms with Crippen molar-refractivity contribution >= 4 is 23.3 Å². The summed E-state index contributed by atoms with van der Waals surface area (Å²) in [5.41, 5.74) is 2.36. The number of aromatic carboxylic acids is 1. The van der Waals surface area contributed by atoms with Crippen molar-refractivity contribution in [1.82, 2.24) is 0 Å². The summed E-state index contributed by atoms with van der Waals surface area (Å²) in [6.45, 7) is 0.715. The second-order valence-electron chi connectivity index (χ2n) is 4.34. The van der Waals surface area contributed by atoms with Crippen molar-refractivity contribution in [2.24, 2.45) is 0 Å². The van der Waals surface area contributed by atoms with Gasteiger partial charge < -0.3 is 10.0 Å². The van der Waals surface area contributed by atoms with Crippen molar-refractivity contribution in [2.75, 3.05) is 11.9 Å². The van der Waals surface area contributed by atoms with Crippen molar-refractivity contribution < 1.29 is 9.90 Å². The van der Waals surface area contributed by atoms with Gasteiger partial charge in [-0.2, -0.15) is 0 Å². The topological polar surface area (TPSA) is 40.5 Å². The van der Waals surface area contributed by atoms with Gasteiger partial charge in [0.05, 0.1) is 5.56 Å². The maximum Gasteiger partial charge on any atom is 0.335 e. The maximum atomic E-state index is 10.8. The first-order chi connectivity index (χ1) is 9.06. The van der Waals surface area contributed by atoms with Gasteiger partial charge in [0, 0.05) is 24.3 Å². The summed E-state index contributed by atoms with van der Waals surface area (Å²) in [7, 11) is 1.96. The third-order valence-corrected chi connectivity index (χ3v) is 3.10. The molecule has 0 aliphatic carbocycles. The summed E-state index contributed by atoms with van der Waals surface area (Å²) in [6, 6.07) is 14.5. The fourth-order valence-corrected chi connectivity index (χ4v) is 2.07. The van der Waals surface area contributed by atoms with Gasteiger partial charge in [0.1, 0.15) is 0 Å². The predicted octanol–water partition coefficient (Wildman–Crippen LogP) is 3.67. The molecular weight excluding hydrogens is 262 g/mol. The highest BCUT2D eigenvalue weighted by Crippen LogP contribution is 2.18. The normalized spacial score (nSPS) is 10.2. The van der Waals surface area contributed by atoms with Gasteiger partial charge in [-0.05, 0) is 42.0 Å². The second-order valence-corrected chi connectivity index (χ2v) is 4.77. The SMILES string of the molecule is CN(Cc1cccc(Cl)c1)c1ccc(C(=O)O)cc1. The first kappa shape index (κ1) is 13.4. The molecule has 0 aliphatic heterocycles. The van der Waals surface area contributed by atoms with Crippen LogP contribution in [0.25, 0.3) is 0 Å². The summed E-state index contributed by atoms with van der Waals surface area (Å²) in [5.74, 6) is -0.913. The Morgan fingerprint density at radius 2 is 1.89 bits per heavy atom. The van der Waals surface area contributed by atoms with Crippen molar-refractivity contribution in [1.29, 1.82) is 0 Å². The van der Waals surface area contributed by atoms with E-state index in [-0.39, 0.29) is 0 Å². The average molecular weight is 276 g/mol. The Balaban J connectivity index is 2.11. The van der Waals surface area contributed by atoms with Gasteiger partial charge in [-0.25, -0.2) is 4.79 Å². The lowest BCUT2D eigenvalue weighted by Gasteiger charge is -2.19. The monoisotopic (exact) mass is 275 g/mol. The molecule has 19 heavy (non-hydrogen) atoms. The number of nitrogens with zero attached hydrogens (tertiary/aromatic N) is 1. The van der Waals surface area contributed by atoms with Crippen LogP contribution in [-0.4, -0.2) is 18.1 Å². The Kier molecular flexibility index (Phi) is 4.07. The lowest BCUT2D eigenvalue weighted by Crippen LogP contribution is -2.16. The molecule has 0 heterocycles. The molecule has 0 bridgehead atoms. The number of rotatable bonds is 4. The number of hydrogen-bond acceptors (Lipinski definition) is 2. The van der Waals surface area contributed by atoms with Crippen LogP contribution < -0.4 is 4.90 Å². The van der Waals surface area contributed by atoms with Gasteiger partial charge in [-0.15, -0.1) is 0 Å². The molecule has 3 nitrogen and oxygen atoms in total. The number of carboxylic acids is 1. The standard InChI is InChI=1S/C15H14ClNO2/c1-17(10-11-3-2-4-13(16)9-11)14-7-5-12(6-8-14)15(18)19/h2-9H,10H2,1H3,(H,18,19). The van der Waals surface area contributed by atoms with Crippen LogP contribution >= 0.6 is 11.6 Å². The lowest BCUT2D eigenvalue weighted by atomic mass is 10.1. The molecule has 0 unspecified atom stereocenters. The smallest absolute Gasteiger partial charge is 0.335 e. The summed E-state index contributed by atoms with van der Waals surface area (Å²) in [4.78, 5) is 12.8. The molecule has 1 N–H and O–H groups in total. The Morgan fingerprint density at radius 1 is 1.21 bits per heavy atom. The minimum atomic E-state index is -0.913. The number of halogens is 1. The van der Waals surface area contributed by atoms with Gasteiger partial charge in [0.15, 0.2) is 0 Å². The Morgan fingerprint density at radius 3 is 2.47 bits per heavy atom. The van der Waals surface area contributed by atoms with Crippen LogP contribution in [0.3, 0.4) is 0 Å². The van der Waals surface area contributed by atoms with Gasteiger partial charge in [0.25, 0.3) is 0 Å². The van der Waals surface area contributed by atoms with E-state index in [2.05, 4.69) is 0 Å². The Labute approximate surface area is 117 Å². The molecule has 0 spiro atoms. The van der Waals surface area contributed by atoms with E-state index >= 15 is 0 Å². The molecule has 0 aliphatic rings. The fraction of sp³-hybridized carbons (Fsp3) is 0.133. The van der Waals surface area contributed by atoms with E-state index < -0.39 is 5.97 Å². The van der Waals surface area contributed by atoms with Crippen molar-refractivity contribution in [2.45, 2.75) is 6.54 Å². The van der Waals surface area contributed by atoms with Crippen LogP contribution in [0.15, 0.2) is 48.5 Å². The van der Waals surface area contributed by atoms with Crippen LogP contribution in [0, 0.1) is 0 Å². The highest BCUT2D eigenvalue weighted by Gasteiger charge is 2.05. The van der Waals surface area contributed by atoms with E-state index in [1.54, 1.807) is 24.3 Å². The van der Waals surface area contributed by atoms with Crippen LogP contribution in [0.5, 0.6) is 0 Å². The molecule has 0 aromatic heterocycles. The molecule has 0 fully saturated rings. The highest BCUT2D eigenvalue weighted by molar-refractivity contribution is 6.30. The predicted molar refractivity (Wildman–Crippen MR) is 77.0 cm³/mol. The highest BCUT2D eigenvalue weighted by atomic mass is 35.5. The first-order valence-electron chi connectivity index (χ1n) is 5.85.